The van der Waals surface area contributed by atoms with Gasteiger partial charge < -0.3 is 5.73 Å². The molecule has 3 nitrogen and oxygen atoms in total. The van der Waals surface area contributed by atoms with Crippen molar-refractivity contribution in [1.82, 2.24) is 4.98 Å². The predicted molar refractivity (Wildman–Crippen MR) is 68.5 cm³/mol. The Morgan fingerprint density at radius 1 is 1.18 bits per heavy atom. The van der Waals surface area contributed by atoms with E-state index in [0.29, 0.717) is 21.3 Å². The summed E-state index contributed by atoms with van der Waals surface area (Å²) < 4.78 is 0. The molecule has 1 heterocycles. The second-order valence-corrected chi connectivity index (χ2v) is 4.21. The first-order valence-electron chi connectivity index (χ1n) is 4.80. The summed E-state index contributed by atoms with van der Waals surface area (Å²) in [4.78, 5) is 16.0. The first-order valence-corrected chi connectivity index (χ1v) is 5.55. The number of rotatable bonds is 2. The Balaban J connectivity index is 2.44. The number of benzene rings is 1. The Hall–Kier alpha value is -1.58. The van der Waals surface area contributed by atoms with Gasteiger partial charge in [-0.3, -0.25) is 9.78 Å². The molecule has 0 aliphatic heterocycles. The molecular formula is C12H8Cl2N2O. The first kappa shape index (κ1) is 11.9. The zero-order valence-corrected chi connectivity index (χ0v) is 10.2. The second-order valence-electron chi connectivity index (χ2n) is 3.40. The molecule has 0 atom stereocenters. The minimum absolute atomic E-state index is 0.214. The third-order valence-corrected chi connectivity index (χ3v) is 2.97. The minimum atomic E-state index is -0.276. The molecule has 0 saturated carbocycles. The van der Waals surface area contributed by atoms with Gasteiger partial charge in [-0.25, -0.2) is 0 Å². The summed E-state index contributed by atoms with van der Waals surface area (Å²) in [6, 6.07) is 7.94. The number of carbonyl (C=O) groups is 1. The van der Waals surface area contributed by atoms with Crippen molar-refractivity contribution in [3.63, 3.8) is 0 Å². The molecule has 1 aromatic heterocycles. The van der Waals surface area contributed by atoms with E-state index in [1.807, 2.05) is 0 Å². The molecule has 1 aromatic carbocycles. The molecule has 17 heavy (non-hydrogen) atoms. The number of nitrogen functional groups attached to an aromatic ring is 1. The van der Waals surface area contributed by atoms with Crippen LogP contribution in [-0.4, -0.2) is 10.8 Å². The van der Waals surface area contributed by atoms with Crippen molar-refractivity contribution >= 4 is 34.7 Å². The number of halogens is 2. The highest BCUT2D eigenvalue weighted by atomic mass is 35.5. The van der Waals surface area contributed by atoms with E-state index < -0.39 is 0 Å². The van der Waals surface area contributed by atoms with Crippen LogP contribution in [0.25, 0.3) is 0 Å². The largest absolute Gasteiger partial charge is 0.397 e. The monoisotopic (exact) mass is 266 g/mol. The molecule has 0 bridgehead atoms. The highest BCUT2D eigenvalue weighted by Gasteiger charge is 2.14. The Morgan fingerprint density at radius 3 is 2.59 bits per heavy atom. The second kappa shape index (κ2) is 4.73. The number of carbonyl (C=O) groups excluding carboxylic acids is 1. The van der Waals surface area contributed by atoms with Gasteiger partial charge in [-0.15, -0.1) is 0 Å². The fourth-order valence-electron chi connectivity index (χ4n) is 1.38. The maximum absolute atomic E-state index is 12.1. The Kier molecular flexibility index (Phi) is 3.31. The van der Waals surface area contributed by atoms with Gasteiger partial charge in [-0.1, -0.05) is 23.2 Å². The average Bonchev–Trinajstić information content (AvgIpc) is 2.32. The maximum atomic E-state index is 12.1. The smallest absolute Gasteiger partial charge is 0.213 e. The van der Waals surface area contributed by atoms with Crippen molar-refractivity contribution in [2.45, 2.75) is 0 Å². The molecule has 0 unspecified atom stereocenters. The predicted octanol–water partition coefficient (Wildman–Crippen LogP) is 3.20. The Bertz CT molecular complexity index is 584. The van der Waals surface area contributed by atoms with Crippen molar-refractivity contribution in [3.05, 3.63) is 57.8 Å². The van der Waals surface area contributed by atoms with Gasteiger partial charge in [0.1, 0.15) is 5.69 Å². The number of aromatic nitrogens is 1. The van der Waals surface area contributed by atoms with E-state index in [0.717, 1.165) is 0 Å². The number of hydrogen-bond acceptors (Lipinski definition) is 3. The first-order chi connectivity index (χ1) is 8.09. The van der Waals surface area contributed by atoms with Crippen LogP contribution in [0, 0.1) is 0 Å². The fraction of sp³-hybridized carbons (Fsp3) is 0. The standard InChI is InChI=1S/C12H8Cl2N2O/c13-8-4-3-7(6-9(8)14)12(17)11-10(15)2-1-5-16-11/h1-6H,15H2. The molecule has 0 amide bonds. The maximum Gasteiger partial charge on any atom is 0.213 e. The van der Waals surface area contributed by atoms with E-state index in [4.69, 9.17) is 28.9 Å². The lowest BCUT2D eigenvalue weighted by atomic mass is 10.1. The van der Waals surface area contributed by atoms with Crippen molar-refractivity contribution in [2.75, 3.05) is 5.73 Å². The van der Waals surface area contributed by atoms with E-state index in [9.17, 15) is 4.79 Å². The van der Waals surface area contributed by atoms with Gasteiger partial charge in [0, 0.05) is 11.8 Å². The molecule has 2 N–H and O–H groups in total. The van der Waals surface area contributed by atoms with Crippen molar-refractivity contribution < 1.29 is 4.79 Å². The summed E-state index contributed by atoms with van der Waals surface area (Å²) in [6.45, 7) is 0. The van der Waals surface area contributed by atoms with Crippen LogP contribution in [0.5, 0.6) is 0 Å². The van der Waals surface area contributed by atoms with Gasteiger partial charge in [0.25, 0.3) is 0 Å². The normalized spacial score (nSPS) is 10.2. The third-order valence-electron chi connectivity index (χ3n) is 2.24. The summed E-state index contributed by atoms with van der Waals surface area (Å²) in [5, 5.41) is 0.726. The van der Waals surface area contributed by atoms with Crippen LogP contribution in [0.4, 0.5) is 5.69 Å². The van der Waals surface area contributed by atoms with E-state index in [-0.39, 0.29) is 11.5 Å². The summed E-state index contributed by atoms with van der Waals surface area (Å²) >= 11 is 11.6. The molecular weight excluding hydrogens is 259 g/mol. The summed E-state index contributed by atoms with van der Waals surface area (Å²) in [5.74, 6) is -0.276. The summed E-state index contributed by atoms with van der Waals surface area (Å²) in [6.07, 6.45) is 1.51. The molecule has 5 heteroatoms. The van der Waals surface area contributed by atoms with Gasteiger partial charge >= 0.3 is 0 Å². The van der Waals surface area contributed by atoms with Crippen molar-refractivity contribution in [3.8, 4) is 0 Å². The Morgan fingerprint density at radius 2 is 1.94 bits per heavy atom. The summed E-state index contributed by atoms with van der Waals surface area (Å²) in [7, 11) is 0. The number of anilines is 1. The SMILES string of the molecule is Nc1cccnc1C(=O)c1ccc(Cl)c(Cl)c1. The molecule has 2 rings (SSSR count). The Labute approximate surface area is 108 Å². The average molecular weight is 267 g/mol. The van der Waals surface area contributed by atoms with Crippen LogP contribution in [0.15, 0.2) is 36.5 Å². The molecule has 0 radical (unpaired) electrons. The highest BCUT2D eigenvalue weighted by Crippen LogP contribution is 2.24. The number of hydrogen-bond donors (Lipinski definition) is 1. The zero-order chi connectivity index (χ0) is 12.4. The summed E-state index contributed by atoms with van der Waals surface area (Å²) in [5.41, 5.74) is 6.64. The molecule has 0 aliphatic rings. The fourth-order valence-corrected chi connectivity index (χ4v) is 1.68. The lowest BCUT2D eigenvalue weighted by Gasteiger charge is -2.04. The van der Waals surface area contributed by atoms with Gasteiger partial charge in [-0.05, 0) is 30.3 Å². The number of pyridine rings is 1. The molecule has 0 saturated heterocycles. The molecule has 2 aromatic rings. The van der Waals surface area contributed by atoms with E-state index in [2.05, 4.69) is 4.98 Å². The van der Waals surface area contributed by atoms with Crippen LogP contribution < -0.4 is 5.73 Å². The zero-order valence-electron chi connectivity index (χ0n) is 8.65. The van der Waals surface area contributed by atoms with E-state index in [1.54, 1.807) is 24.3 Å². The van der Waals surface area contributed by atoms with Gasteiger partial charge in [0.2, 0.25) is 5.78 Å². The van der Waals surface area contributed by atoms with Crippen LogP contribution in [0.3, 0.4) is 0 Å². The quantitative estimate of drug-likeness (QED) is 0.850. The molecule has 0 fully saturated rings. The van der Waals surface area contributed by atoms with Crippen molar-refractivity contribution in [2.24, 2.45) is 0 Å². The third kappa shape index (κ3) is 2.40. The van der Waals surface area contributed by atoms with Crippen molar-refractivity contribution in [1.29, 1.82) is 0 Å². The van der Waals surface area contributed by atoms with Crippen LogP contribution in [-0.2, 0) is 0 Å². The lowest BCUT2D eigenvalue weighted by Crippen LogP contribution is -2.07. The number of nitrogens with zero attached hydrogens (tertiary/aromatic N) is 1. The topological polar surface area (TPSA) is 56.0 Å². The number of ketones is 1. The molecule has 86 valence electrons. The van der Waals surface area contributed by atoms with Crippen LogP contribution in [0.2, 0.25) is 10.0 Å². The minimum Gasteiger partial charge on any atom is -0.397 e. The van der Waals surface area contributed by atoms with Crippen LogP contribution in [0.1, 0.15) is 16.1 Å². The highest BCUT2D eigenvalue weighted by molar-refractivity contribution is 6.42. The van der Waals surface area contributed by atoms with Gasteiger partial charge in [-0.2, -0.15) is 0 Å². The van der Waals surface area contributed by atoms with Crippen LogP contribution >= 0.6 is 23.2 Å². The van der Waals surface area contributed by atoms with E-state index in [1.165, 1.54) is 12.3 Å². The lowest BCUT2D eigenvalue weighted by molar-refractivity contribution is 0.103. The van der Waals surface area contributed by atoms with E-state index >= 15 is 0 Å². The van der Waals surface area contributed by atoms with Gasteiger partial charge in [0.05, 0.1) is 15.7 Å². The van der Waals surface area contributed by atoms with Gasteiger partial charge in [0.15, 0.2) is 0 Å². The molecule has 0 spiro atoms. The number of nitrogens with two attached hydrogens (primary N) is 1. The molecule has 0 aliphatic carbocycles.